The number of amides is 4. The Bertz CT molecular complexity index is 2460. The summed E-state index contributed by atoms with van der Waals surface area (Å²) < 4.78 is 16.1. The van der Waals surface area contributed by atoms with Gasteiger partial charge in [-0.25, -0.2) is 19.6 Å². The van der Waals surface area contributed by atoms with Gasteiger partial charge in [-0.05, 0) is 90.8 Å². The maximum atomic E-state index is 14.1. The van der Waals surface area contributed by atoms with Gasteiger partial charge < -0.3 is 44.6 Å². The third kappa shape index (κ3) is 8.66. The van der Waals surface area contributed by atoms with E-state index in [0.717, 1.165) is 87.6 Å². The highest BCUT2D eigenvalue weighted by atomic mass is 16.5. The molecule has 1 fully saturated rings. The first-order valence-corrected chi connectivity index (χ1v) is 21.8. The number of aromatic nitrogens is 4. The van der Waals surface area contributed by atoms with Crippen LogP contribution in [0.5, 0.6) is 5.75 Å². The zero-order valence-electron chi connectivity index (χ0n) is 37.3. The molecule has 2 aliphatic rings. The van der Waals surface area contributed by atoms with Gasteiger partial charge in [0.2, 0.25) is 11.8 Å². The van der Waals surface area contributed by atoms with E-state index in [1.165, 1.54) is 14.2 Å². The van der Waals surface area contributed by atoms with Crippen molar-refractivity contribution in [3.05, 3.63) is 65.9 Å². The number of benzene rings is 3. The van der Waals surface area contributed by atoms with E-state index >= 15 is 0 Å². The van der Waals surface area contributed by atoms with Gasteiger partial charge in [-0.2, -0.15) is 0 Å². The number of carbonyl (C=O) groups is 4. The summed E-state index contributed by atoms with van der Waals surface area (Å²) >= 11 is 0. The van der Waals surface area contributed by atoms with Crippen LogP contribution in [0.4, 0.5) is 9.59 Å². The Hall–Kier alpha value is -6.12. The molecule has 5 aromatic rings. The number of imidazole rings is 2. The van der Waals surface area contributed by atoms with Gasteiger partial charge in [0.15, 0.2) is 0 Å². The molecule has 7 rings (SSSR count). The molecule has 62 heavy (non-hydrogen) atoms. The van der Waals surface area contributed by atoms with Gasteiger partial charge in [-0.15, -0.1) is 0 Å². The van der Waals surface area contributed by atoms with Crippen LogP contribution in [0.15, 0.2) is 48.7 Å². The quantitative estimate of drug-likeness (QED) is 0.0853. The number of alkyl carbamates (subject to hydrolysis) is 2. The van der Waals surface area contributed by atoms with E-state index < -0.39 is 24.3 Å². The highest BCUT2D eigenvalue weighted by Gasteiger charge is 2.41. The third-order valence-corrected chi connectivity index (χ3v) is 12.5. The lowest BCUT2D eigenvalue weighted by atomic mass is 9.92. The average molecular weight is 849 g/mol. The lowest BCUT2D eigenvalue weighted by Gasteiger charge is -2.34. The van der Waals surface area contributed by atoms with Crippen molar-refractivity contribution in [2.75, 3.05) is 14.2 Å². The second-order valence-electron chi connectivity index (χ2n) is 17.3. The van der Waals surface area contributed by atoms with Crippen molar-refractivity contribution in [3.63, 3.8) is 0 Å². The van der Waals surface area contributed by atoms with Gasteiger partial charge in [0.1, 0.15) is 36.1 Å². The molecule has 0 saturated carbocycles. The molecule has 0 unspecified atom stereocenters. The monoisotopic (exact) mass is 848 g/mol. The largest absolute Gasteiger partial charge is 0.488 e. The van der Waals surface area contributed by atoms with Crippen LogP contribution in [0.3, 0.4) is 0 Å². The minimum absolute atomic E-state index is 0.0176. The molecule has 4 N–H and O–H groups in total. The first kappa shape index (κ1) is 44.0. The normalized spacial score (nSPS) is 17.3. The number of nitrogens with one attached hydrogen (secondary N) is 4. The van der Waals surface area contributed by atoms with Crippen LogP contribution in [0.2, 0.25) is 0 Å². The SMILES string of the molecule is CCC[C@H](CC)N(Cc1nc2c(ccc3cc4c(cc32)OCc2cc(-c3cnc([C@@H]5CC[C@H](C)N5C(=O)[C@@H](NC(=O)OC)C(C)C)[nH]3)ccc2-4)[nH]1)C(=O)[C@@H](NC(=O)OC)C(C)C. The molecule has 5 atom stereocenters. The first-order chi connectivity index (χ1) is 29.8. The fourth-order valence-electron chi connectivity index (χ4n) is 9.06. The summed E-state index contributed by atoms with van der Waals surface area (Å²) in [6.45, 7) is 14.5. The minimum atomic E-state index is -0.746. The molecule has 2 aromatic heterocycles. The standard InChI is InChI=1S/C47H60N8O7/c1-10-12-31(11-2)54(44(56)40(25(3)4)52-46(58)60-8)23-39-49-35-17-15-28-20-34-32-16-14-29(19-30(32)24-62-38(34)21-33(28)42(35)51-39)36-22-48-43(50-36)37-18-13-27(7)55(37)45(57)41(26(5)6)53-47(59)61-9/h14-17,19-22,25-27,31,37,40-41H,10-13,18,23-24H2,1-9H3,(H,48,50)(H,49,51)(H,52,58)(H,53,59)/t27-,31-,37-,40-,41-/m0/s1. The van der Waals surface area contributed by atoms with Gasteiger partial charge in [0.05, 0.1) is 49.7 Å². The van der Waals surface area contributed by atoms with E-state index in [2.05, 4.69) is 70.8 Å². The summed E-state index contributed by atoms with van der Waals surface area (Å²) in [5.41, 5.74) is 6.54. The highest BCUT2D eigenvalue weighted by molar-refractivity contribution is 6.07. The molecule has 0 radical (unpaired) electrons. The van der Waals surface area contributed by atoms with Crippen molar-refractivity contribution in [1.29, 1.82) is 0 Å². The fourth-order valence-corrected chi connectivity index (χ4v) is 9.06. The molecule has 0 spiro atoms. The zero-order chi connectivity index (χ0) is 44.4. The van der Waals surface area contributed by atoms with Crippen molar-refractivity contribution >= 4 is 45.8 Å². The van der Waals surface area contributed by atoms with E-state index in [1.54, 1.807) is 0 Å². The second-order valence-corrected chi connectivity index (χ2v) is 17.3. The first-order valence-electron chi connectivity index (χ1n) is 21.8. The van der Waals surface area contributed by atoms with E-state index in [1.807, 2.05) is 56.7 Å². The van der Waals surface area contributed by atoms with Gasteiger partial charge in [-0.1, -0.05) is 66.2 Å². The van der Waals surface area contributed by atoms with E-state index in [4.69, 9.17) is 24.2 Å². The molecule has 1 saturated heterocycles. The number of ether oxygens (including phenoxy) is 3. The van der Waals surface area contributed by atoms with Crippen LogP contribution in [-0.2, 0) is 32.2 Å². The van der Waals surface area contributed by atoms with Crippen LogP contribution >= 0.6 is 0 Å². The van der Waals surface area contributed by atoms with E-state index in [9.17, 15) is 19.2 Å². The van der Waals surface area contributed by atoms with Gasteiger partial charge in [-0.3, -0.25) is 9.59 Å². The predicted molar refractivity (Wildman–Crippen MR) is 237 cm³/mol. The van der Waals surface area contributed by atoms with Crippen molar-refractivity contribution < 1.29 is 33.4 Å². The number of H-pyrrole nitrogens is 2. The molecule has 330 valence electrons. The number of likely N-dealkylation sites (tertiary alicyclic amines) is 1. The highest BCUT2D eigenvalue weighted by Crippen LogP contribution is 2.43. The van der Waals surface area contributed by atoms with Crippen molar-refractivity contribution in [3.8, 4) is 28.1 Å². The maximum Gasteiger partial charge on any atom is 0.407 e. The predicted octanol–water partition coefficient (Wildman–Crippen LogP) is 8.39. The molecular weight excluding hydrogens is 789 g/mol. The summed E-state index contributed by atoms with van der Waals surface area (Å²) in [5, 5.41) is 7.43. The molecule has 2 aliphatic heterocycles. The van der Waals surface area contributed by atoms with Gasteiger partial charge >= 0.3 is 12.2 Å². The number of hydrogen-bond acceptors (Lipinski definition) is 9. The number of fused-ring (bicyclic) bond motifs is 6. The van der Waals surface area contributed by atoms with Crippen LogP contribution in [0, 0.1) is 11.8 Å². The Morgan fingerprint density at radius 3 is 2.32 bits per heavy atom. The number of hydrogen-bond donors (Lipinski definition) is 4. The molecular formula is C47H60N8O7. The average Bonchev–Trinajstić information content (AvgIpc) is 4.02. The lowest BCUT2D eigenvalue weighted by Crippen LogP contribution is -2.53. The van der Waals surface area contributed by atoms with Crippen LogP contribution in [0.1, 0.15) is 104 Å². The molecule has 0 aliphatic carbocycles. The summed E-state index contributed by atoms with van der Waals surface area (Å²) in [5.74, 6) is 1.53. The minimum Gasteiger partial charge on any atom is -0.488 e. The Labute approximate surface area is 362 Å². The summed E-state index contributed by atoms with van der Waals surface area (Å²) in [4.78, 5) is 72.9. The smallest absolute Gasteiger partial charge is 0.407 e. The van der Waals surface area contributed by atoms with Crippen LogP contribution in [-0.4, -0.2) is 92.1 Å². The summed E-state index contributed by atoms with van der Waals surface area (Å²) in [6, 6.07) is 12.8. The zero-order valence-corrected chi connectivity index (χ0v) is 37.3. The van der Waals surface area contributed by atoms with Gasteiger partial charge in [0, 0.05) is 23.0 Å². The summed E-state index contributed by atoms with van der Waals surface area (Å²) in [6.07, 6.45) is 4.61. The van der Waals surface area contributed by atoms with Crippen LogP contribution in [0.25, 0.3) is 44.2 Å². The topological polar surface area (TPSA) is 184 Å². The number of nitrogens with zero attached hydrogens (tertiary/aromatic N) is 4. The lowest BCUT2D eigenvalue weighted by molar-refractivity contribution is -0.138. The molecule has 3 aromatic carbocycles. The molecule has 4 amide bonds. The maximum absolute atomic E-state index is 14.1. The molecule has 15 heteroatoms. The van der Waals surface area contributed by atoms with Crippen molar-refractivity contribution in [2.24, 2.45) is 11.8 Å². The van der Waals surface area contributed by atoms with Gasteiger partial charge in [0.25, 0.3) is 0 Å². The van der Waals surface area contributed by atoms with Crippen LogP contribution < -0.4 is 15.4 Å². The van der Waals surface area contributed by atoms with E-state index in [-0.39, 0.29) is 48.3 Å². The Balaban J connectivity index is 1.14. The van der Waals surface area contributed by atoms with Crippen molar-refractivity contribution in [1.82, 2.24) is 40.4 Å². The van der Waals surface area contributed by atoms with E-state index in [0.29, 0.717) is 18.3 Å². The number of carbonyl (C=O) groups excluding carboxylic acids is 4. The Kier molecular flexibility index (Phi) is 13.1. The molecule has 0 bridgehead atoms. The second kappa shape index (κ2) is 18.5. The molecule has 4 heterocycles. The third-order valence-electron chi connectivity index (χ3n) is 12.5. The Morgan fingerprint density at radius 2 is 1.65 bits per heavy atom. The fraction of sp³-hybridized carbons (Fsp3) is 0.489. The summed E-state index contributed by atoms with van der Waals surface area (Å²) in [7, 11) is 2.59. The molecule has 15 nitrogen and oxygen atoms in total. The van der Waals surface area contributed by atoms with Crippen molar-refractivity contribution in [2.45, 2.75) is 124 Å². The number of methoxy groups -OCH3 is 2. The number of aromatic amines is 2. The Morgan fingerprint density at radius 1 is 0.919 bits per heavy atom. The number of rotatable bonds is 14.